The number of hydrogen-bond acceptors (Lipinski definition) is 8. The summed E-state index contributed by atoms with van der Waals surface area (Å²) in [5, 5.41) is 17.9. The Labute approximate surface area is 181 Å². The molecule has 3 aliphatic rings. The molecule has 31 heavy (non-hydrogen) atoms. The van der Waals surface area contributed by atoms with Crippen molar-refractivity contribution in [2.75, 3.05) is 19.6 Å². The van der Waals surface area contributed by atoms with Crippen LogP contribution >= 0.6 is 0 Å². The summed E-state index contributed by atoms with van der Waals surface area (Å²) in [6, 6.07) is 17.5. The maximum Gasteiger partial charge on any atom is 0.260 e. The van der Waals surface area contributed by atoms with Crippen molar-refractivity contribution in [1.29, 1.82) is 0 Å². The molecule has 1 N–H and O–H groups in total. The van der Waals surface area contributed by atoms with E-state index < -0.39 is 11.8 Å². The average Bonchev–Trinajstić information content (AvgIpc) is 3.15. The number of likely N-dealkylation sites (tertiary alicyclic amines) is 1. The molecular weight excluding hydrogens is 396 g/mol. The van der Waals surface area contributed by atoms with Gasteiger partial charge in [-0.2, -0.15) is 10.1 Å². The van der Waals surface area contributed by atoms with E-state index in [4.69, 9.17) is 9.47 Å². The van der Waals surface area contributed by atoms with E-state index in [2.05, 4.69) is 10.0 Å². The Hall–Kier alpha value is -2.94. The fourth-order valence-corrected chi connectivity index (χ4v) is 4.15. The smallest absolute Gasteiger partial charge is 0.260 e. The molecule has 2 aromatic carbocycles. The quantitative estimate of drug-likeness (QED) is 0.682. The SMILES string of the molecule is CC1(O)CN(Cc2ccc(OC3CCN3N3N=C(c4ccccc4)OC3C=O)cc2)C1. The zero-order chi connectivity index (χ0) is 21.4. The van der Waals surface area contributed by atoms with Crippen molar-refractivity contribution in [3.05, 3.63) is 65.7 Å². The lowest BCUT2D eigenvalue weighted by atomic mass is 9.96. The largest absolute Gasteiger partial charge is 0.473 e. The lowest BCUT2D eigenvalue weighted by molar-refractivity contribution is -0.218. The van der Waals surface area contributed by atoms with Gasteiger partial charge in [-0.1, -0.05) is 30.3 Å². The molecular formula is C23H26N4O4. The van der Waals surface area contributed by atoms with Gasteiger partial charge in [0.05, 0.1) is 5.60 Å². The number of hydrazine groups is 1. The number of aldehydes is 1. The van der Waals surface area contributed by atoms with E-state index in [-0.39, 0.29) is 6.23 Å². The van der Waals surface area contributed by atoms with Gasteiger partial charge in [0, 0.05) is 38.2 Å². The maximum absolute atomic E-state index is 11.6. The predicted octanol–water partition coefficient (Wildman–Crippen LogP) is 1.80. The maximum atomic E-state index is 11.6. The van der Waals surface area contributed by atoms with Gasteiger partial charge in [-0.15, -0.1) is 5.10 Å². The first kappa shape index (κ1) is 20.0. The molecule has 0 radical (unpaired) electrons. The first-order valence-electron chi connectivity index (χ1n) is 10.5. The molecule has 0 aromatic heterocycles. The van der Waals surface area contributed by atoms with Crippen LogP contribution in [-0.4, -0.2) is 70.0 Å². The first-order valence-corrected chi connectivity index (χ1v) is 10.5. The van der Waals surface area contributed by atoms with Crippen LogP contribution in [0.5, 0.6) is 5.75 Å². The van der Waals surface area contributed by atoms with Crippen LogP contribution in [0.3, 0.4) is 0 Å². The van der Waals surface area contributed by atoms with Gasteiger partial charge in [-0.25, -0.2) is 0 Å². The molecule has 3 heterocycles. The summed E-state index contributed by atoms with van der Waals surface area (Å²) in [7, 11) is 0. The molecule has 2 fully saturated rings. The molecule has 0 amide bonds. The van der Waals surface area contributed by atoms with E-state index in [0.717, 1.165) is 37.1 Å². The molecule has 8 nitrogen and oxygen atoms in total. The number of carbonyl (C=O) groups is 1. The van der Waals surface area contributed by atoms with Gasteiger partial charge in [0.25, 0.3) is 6.23 Å². The van der Waals surface area contributed by atoms with Crippen LogP contribution in [0.1, 0.15) is 24.5 Å². The van der Waals surface area contributed by atoms with Gasteiger partial charge in [-0.05, 0) is 36.8 Å². The molecule has 8 heteroatoms. The summed E-state index contributed by atoms with van der Waals surface area (Å²) in [4.78, 5) is 13.8. The zero-order valence-electron chi connectivity index (χ0n) is 17.4. The first-order chi connectivity index (χ1) is 15.0. The van der Waals surface area contributed by atoms with Crippen LogP contribution in [0.15, 0.2) is 59.7 Å². The van der Waals surface area contributed by atoms with Gasteiger partial charge in [0.1, 0.15) is 5.75 Å². The van der Waals surface area contributed by atoms with Crippen LogP contribution < -0.4 is 4.74 Å². The highest BCUT2D eigenvalue weighted by molar-refractivity contribution is 5.95. The molecule has 2 atom stereocenters. The van der Waals surface area contributed by atoms with Crippen molar-refractivity contribution in [3.63, 3.8) is 0 Å². The highest BCUT2D eigenvalue weighted by Crippen LogP contribution is 2.29. The minimum Gasteiger partial charge on any atom is -0.473 e. The van der Waals surface area contributed by atoms with Crippen LogP contribution in [-0.2, 0) is 16.1 Å². The second-order valence-corrected chi connectivity index (χ2v) is 8.55. The topological polar surface area (TPSA) is 77.8 Å². The third-order valence-corrected chi connectivity index (χ3v) is 5.72. The van der Waals surface area contributed by atoms with Gasteiger partial charge < -0.3 is 14.6 Å². The van der Waals surface area contributed by atoms with E-state index in [1.807, 2.05) is 66.5 Å². The monoisotopic (exact) mass is 422 g/mol. The number of ether oxygens (including phenoxy) is 2. The Bertz CT molecular complexity index is 955. The fraction of sp³-hybridized carbons (Fsp3) is 0.391. The van der Waals surface area contributed by atoms with E-state index >= 15 is 0 Å². The number of hydrazone groups is 1. The lowest BCUT2D eigenvalue weighted by Crippen LogP contribution is -2.60. The van der Waals surface area contributed by atoms with Crippen molar-refractivity contribution in [2.45, 2.75) is 37.9 Å². The molecule has 2 unspecified atom stereocenters. The molecule has 5 rings (SSSR count). The van der Waals surface area contributed by atoms with Crippen LogP contribution in [0.25, 0.3) is 0 Å². The minimum atomic E-state index is -0.794. The second kappa shape index (κ2) is 7.96. The summed E-state index contributed by atoms with van der Waals surface area (Å²) in [5.41, 5.74) is 1.45. The number of β-amino-alcohol motifs (C(OH)–C–C–N with tert-alkyl or cyclic N) is 1. The highest BCUT2D eigenvalue weighted by atomic mass is 16.6. The summed E-state index contributed by atoms with van der Waals surface area (Å²) < 4.78 is 11.9. The number of hydrogen-bond donors (Lipinski definition) is 1. The third-order valence-electron chi connectivity index (χ3n) is 5.72. The normalized spacial score (nSPS) is 25.2. The second-order valence-electron chi connectivity index (χ2n) is 8.55. The van der Waals surface area contributed by atoms with Crippen LogP contribution in [0.2, 0.25) is 0 Å². The lowest BCUT2D eigenvalue weighted by Gasteiger charge is -2.44. The molecule has 162 valence electrons. The van der Waals surface area contributed by atoms with Crippen molar-refractivity contribution in [3.8, 4) is 5.75 Å². The Balaban J connectivity index is 1.21. The summed E-state index contributed by atoms with van der Waals surface area (Å²) in [5.74, 6) is 1.20. The molecule has 0 spiro atoms. The molecule has 0 bridgehead atoms. The van der Waals surface area contributed by atoms with E-state index in [9.17, 15) is 9.90 Å². The van der Waals surface area contributed by atoms with Crippen molar-refractivity contribution < 1.29 is 19.4 Å². The Morgan fingerprint density at radius 2 is 1.94 bits per heavy atom. The number of carbonyl (C=O) groups excluding carboxylic acids is 1. The molecule has 2 saturated heterocycles. The molecule has 0 aliphatic carbocycles. The van der Waals surface area contributed by atoms with Crippen molar-refractivity contribution in [2.24, 2.45) is 5.10 Å². The summed E-state index contributed by atoms with van der Waals surface area (Å²) in [6.45, 7) is 4.80. The van der Waals surface area contributed by atoms with Gasteiger partial charge in [0.2, 0.25) is 5.90 Å². The standard InChI is InChI=1S/C23H26N4O4/c1-23(29)15-25(16-23)13-17-7-9-19(10-8-17)30-20-11-12-26(20)27-21(14-28)31-22(24-27)18-5-3-2-4-6-18/h2-10,14,20-21,29H,11-13,15-16H2,1H3. The van der Waals surface area contributed by atoms with Crippen molar-refractivity contribution in [1.82, 2.24) is 15.0 Å². The summed E-state index contributed by atoms with van der Waals surface area (Å²) >= 11 is 0. The number of aliphatic hydroxyl groups is 1. The number of rotatable bonds is 7. The average molecular weight is 422 g/mol. The Kier molecular flexibility index (Phi) is 5.13. The minimum absolute atomic E-state index is 0.207. The third kappa shape index (κ3) is 4.14. The van der Waals surface area contributed by atoms with Gasteiger partial charge in [-0.3, -0.25) is 9.69 Å². The van der Waals surface area contributed by atoms with Gasteiger partial charge >= 0.3 is 0 Å². The van der Waals surface area contributed by atoms with E-state index in [0.29, 0.717) is 19.0 Å². The molecule has 3 aliphatic heterocycles. The van der Waals surface area contributed by atoms with Crippen molar-refractivity contribution >= 4 is 12.2 Å². The van der Waals surface area contributed by atoms with E-state index in [1.165, 1.54) is 5.56 Å². The zero-order valence-corrected chi connectivity index (χ0v) is 17.4. The Morgan fingerprint density at radius 3 is 2.55 bits per heavy atom. The van der Waals surface area contributed by atoms with Crippen LogP contribution in [0.4, 0.5) is 0 Å². The number of benzene rings is 2. The Morgan fingerprint density at radius 1 is 1.19 bits per heavy atom. The van der Waals surface area contributed by atoms with Crippen LogP contribution in [0, 0.1) is 0 Å². The summed E-state index contributed by atoms with van der Waals surface area (Å²) in [6.07, 6.45) is 0.582. The molecule has 0 saturated carbocycles. The molecule has 2 aromatic rings. The highest BCUT2D eigenvalue weighted by Gasteiger charge is 2.42. The van der Waals surface area contributed by atoms with E-state index in [1.54, 1.807) is 5.12 Å². The number of nitrogens with zero attached hydrogens (tertiary/aromatic N) is 4. The van der Waals surface area contributed by atoms with Gasteiger partial charge in [0.15, 0.2) is 12.5 Å². The fourth-order valence-electron chi connectivity index (χ4n) is 4.15. The predicted molar refractivity (Wildman–Crippen MR) is 114 cm³/mol.